The standard InChI is InChI=1S/C24H32N4OS/c1-17-15-22(30-23(17)24(29)28-10-9-19(25)16-28)18-5-7-21(8-6-18)27-13-11-26(12-14-27)20-3-2-4-20/h5-8,15,19-20H,2-4,9-14,16,25H2,1H3/t19-/m0/s1. The van der Waals surface area contributed by atoms with E-state index in [1.54, 1.807) is 11.3 Å². The molecule has 160 valence electrons. The van der Waals surface area contributed by atoms with E-state index >= 15 is 0 Å². The number of carbonyl (C=O) groups is 1. The van der Waals surface area contributed by atoms with Gasteiger partial charge >= 0.3 is 0 Å². The van der Waals surface area contributed by atoms with Crippen molar-refractivity contribution < 1.29 is 4.79 Å². The monoisotopic (exact) mass is 424 g/mol. The van der Waals surface area contributed by atoms with Crippen LogP contribution in [0.3, 0.4) is 0 Å². The SMILES string of the molecule is Cc1cc(-c2ccc(N3CCN(C4CCC4)CC3)cc2)sc1C(=O)N1CC[C@H](N)C1. The number of amides is 1. The Bertz CT molecular complexity index is 896. The predicted molar refractivity (Wildman–Crippen MR) is 124 cm³/mol. The maximum atomic E-state index is 12.9. The zero-order valence-corrected chi connectivity index (χ0v) is 18.7. The summed E-state index contributed by atoms with van der Waals surface area (Å²) in [5.74, 6) is 0.137. The minimum absolute atomic E-state index is 0.122. The van der Waals surface area contributed by atoms with Crippen LogP contribution < -0.4 is 10.6 Å². The molecule has 2 aromatic rings. The first-order valence-electron chi connectivity index (χ1n) is 11.3. The minimum Gasteiger partial charge on any atom is -0.369 e. The molecule has 0 unspecified atom stereocenters. The van der Waals surface area contributed by atoms with E-state index in [1.165, 1.54) is 48.5 Å². The summed E-state index contributed by atoms with van der Waals surface area (Å²) in [6.07, 6.45) is 5.10. The number of piperazine rings is 1. The first kappa shape index (κ1) is 20.0. The first-order chi connectivity index (χ1) is 14.6. The molecular formula is C24H32N4OS. The molecule has 1 aliphatic carbocycles. The predicted octanol–water partition coefficient (Wildman–Crippen LogP) is 3.57. The van der Waals surface area contributed by atoms with E-state index in [0.29, 0.717) is 6.54 Å². The fourth-order valence-electron chi connectivity index (χ4n) is 4.89. The van der Waals surface area contributed by atoms with E-state index < -0.39 is 0 Å². The van der Waals surface area contributed by atoms with Crippen molar-refractivity contribution in [2.75, 3.05) is 44.2 Å². The molecule has 1 saturated carbocycles. The molecule has 5 nitrogen and oxygen atoms in total. The summed E-state index contributed by atoms with van der Waals surface area (Å²) in [4.78, 5) is 22.0. The van der Waals surface area contributed by atoms with Crippen LogP contribution in [-0.2, 0) is 0 Å². The van der Waals surface area contributed by atoms with Gasteiger partial charge < -0.3 is 15.5 Å². The molecule has 6 heteroatoms. The molecule has 0 bridgehead atoms. The molecule has 2 saturated heterocycles. The van der Waals surface area contributed by atoms with Crippen LogP contribution >= 0.6 is 11.3 Å². The Labute approximate surface area is 183 Å². The van der Waals surface area contributed by atoms with Crippen LogP contribution in [0.25, 0.3) is 10.4 Å². The first-order valence-corrected chi connectivity index (χ1v) is 12.1. The fourth-order valence-corrected chi connectivity index (χ4v) is 6.03. The molecule has 1 aromatic heterocycles. The summed E-state index contributed by atoms with van der Waals surface area (Å²) in [6.45, 7) is 8.09. The number of hydrogen-bond acceptors (Lipinski definition) is 5. The van der Waals surface area contributed by atoms with Gasteiger partial charge in [-0.25, -0.2) is 0 Å². The summed E-state index contributed by atoms with van der Waals surface area (Å²) in [7, 11) is 0. The third-order valence-electron chi connectivity index (χ3n) is 7.05. The zero-order valence-electron chi connectivity index (χ0n) is 17.8. The number of nitrogens with two attached hydrogens (primary N) is 1. The van der Waals surface area contributed by atoms with Crippen molar-refractivity contribution in [3.05, 3.63) is 40.8 Å². The maximum absolute atomic E-state index is 12.9. The van der Waals surface area contributed by atoms with Gasteiger partial charge in [-0.2, -0.15) is 0 Å². The van der Waals surface area contributed by atoms with Gasteiger partial charge in [-0.05, 0) is 55.5 Å². The van der Waals surface area contributed by atoms with Crippen molar-refractivity contribution in [3.63, 3.8) is 0 Å². The van der Waals surface area contributed by atoms with Gasteiger partial charge in [-0.1, -0.05) is 18.6 Å². The van der Waals surface area contributed by atoms with Crippen molar-refractivity contribution >= 4 is 22.9 Å². The summed E-state index contributed by atoms with van der Waals surface area (Å²) in [5.41, 5.74) is 9.55. The van der Waals surface area contributed by atoms with Crippen molar-refractivity contribution in [3.8, 4) is 10.4 Å². The second kappa shape index (κ2) is 8.33. The Morgan fingerprint density at radius 2 is 1.77 bits per heavy atom. The van der Waals surface area contributed by atoms with Gasteiger partial charge in [-0.15, -0.1) is 11.3 Å². The molecule has 2 N–H and O–H groups in total. The van der Waals surface area contributed by atoms with E-state index in [1.807, 2.05) is 11.8 Å². The lowest BCUT2D eigenvalue weighted by Crippen LogP contribution is -2.52. The number of aryl methyl sites for hydroxylation is 1. The molecule has 3 fully saturated rings. The lowest BCUT2D eigenvalue weighted by molar-refractivity contribution is 0.0795. The Kier molecular flexibility index (Phi) is 5.56. The van der Waals surface area contributed by atoms with Gasteiger partial charge in [0.15, 0.2) is 0 Å². The third-order valence-corrected chi connectivity index (χ3v) is 8.32. The van der Waals surface area contributed by atoms with Crippen LogP contribution in [0.1, 0.15) is 40.9 Å². The molecular weight excluding hydrogens is 392 g/mol. The van der Waals surface area contributed by atoms with Gasteiger partial charge in [0.2, 0.25) is 0 Å². The average molecular weight is 425 g/mol. The third kappa shape index (κ3) is 3.88. The highest BCUT2D eigenvalue weighted by molar-refractivity contribution is 7.17. The Morgan fingerprint density at radius 3 is 2.37 bits per heavy atom. The van der Waals surface area contributed by atoms with Crippen molar-refractivity contribution in [2.24, 2.45) is 5.73 Å². The smallest absolute Gasteiger partial charge is 0.264 e. The largest absolute Gasteiger partial charge is 0.369 e. The molecule has 1 aromatic carbocycles. The van der Waals surface area contributed by atoms with Crippen molar-refractivity contribution in [1.82, 2.24) is 9.80 Å². The van der Waals surface area contributed by atoms with Gasteiger partial charge in [0.1, 0.15) is 0 Å². The second-order valence-corrected chi connectivity index (χ2v) is 10.1. The molecule has 30 heavy (non-hydrogen) atoms. The van der Waals surface area contributed by atoms with E-state index in [4.69, 9.17) is 5.73 Å². The highest BCUT2D eigenvalue weighted by Crippen LogP contribution is 2.34. The number of thiophene rings is 1. The molecule has 0 radical (unpaired) electrons. The number of anilines is 1. The Balaban J connectivity index is 1.25. The van der Waals surface area contributed by atoms with E-state index in [-0.39, 0.29) is 11.9 Å². The minimum atomic E-state index is 0.122. The number of benzene rings is 1. The lowest BCUT2D eigenvalue weighted by atomic mass is 9.91. The highest BCUT2D eigenvalue weighted by Gasteiger charge is 2.28. The van der Waals surface area contributed by atoms with E-state index in [0.717, 1.165) is 42.5 Å². The molecule has 1 atom stereocenters. The second-order valence-electron chi connectivity index (χ2n) is 9.08. The summed E-state index contributed by atoms with van der Waals surface area (Å²) >= 11 is 1.61. The number of nitrogens with zero attached hydrogens (tertiary/aromatic N) is 3. The molecule has 1 amide bonds. The maximum Gasteiger partial charge on any atom is 0.264 e. The summed E-state index contributed by atoms with van der Waals surface area (Å²) in [5, 5.41) is 0. The van der Waals surface area contributed by atoms with Gasteiger partial charge in [0.05, 0.1) is 4.88 Å². The van der Waals surface area contributed by atoms with E-state index in [9.17, 15) is 4.79 Å². The molecule has 0 spiro atoms. The molecule has 3 heterocycles. The number of likely N-dealkylation sites (tertiary alicyclic amines) is 1. The van der Waals surface area contributed by atoms with Crippen molar-refractivity contribution in [1.29, 1.82) is 0 Å². The lowest BCUT2D eigenvalue weighted by Gasteiger charge is -2.43. The Morgan fingerprint density at radius 1 is 1.03 bits per heavy atom. The zero-order chi connectivity index (χ0) is 20.7. The Hall–Kier alpha value is -1.89. The number of hydrogen-bond donors (Lipinski definition) is 1. The average Bonchev–Trinajstić information content (AvgIpc) is 3.33. The van der Waals surface area contributed by atoms with Gasteiger partial charge in [0, 0.05) is 61.9 Å². The molecule has 2 aliphatic heterocycles. The van der Waals surface area contributed by atoms with Crippen LogP contribution in [0.4, 0.5) is 5.69 Å². The topological polar surface area (TPSA) is 52.8 Å². The van der Waals surface area contributed by atoms with Gasteiger partial charge in [0.25, 0.3) is 5.91 Å². The highest BCUT2D eigenvalue weighted by atomic mass is 32.1. The van der Waals surface area contributed by atoms with Crippen LogP contribution in [0.2, 0.25) is 0 Å². The van der Waals surface area contributed by atoms with Crippen LogP contribution in [0.5, 0.6) is 0 Å². The summed E-state index contributed by atoms with van der Waals surface area (Å²) in [6, 6.07) is 12.0. The number of rotatable bonds is 4. The van der Waals surface area contributed by atoms with E-state index in [2.05, 4.69) is 40.1 Å². The fraction of sp³-hybridized carbons (Fsp3) is 0.542. The molecule has 3 aliphatic rings. The quantitative estimate of drug-likeness (QED) is 0.815. The van der Waals surface area contributed by atoms with Gasteiger partial charge in [-0.3, -0.25) is 9.69 Å². The van der Waals surface area contributed by atoms with Crippen LogP contribution in [0, 0.1) is 6.92 Å². The normalized spacial score (nSPS) is 23.1. The van der Waals surface area contributed by atoms with Crippen molar-refractivity contribution in [2.45, 2.75) is 44.7 Å². The summed E-state index contributed by atoms with van der Waals surface area (Å²) < 4.78 is 0. The molecule has 5 rings (SSSR count). The van der Waals surface area contributed by atoms with Crippen LogP contribution in [-0.4, -0.2) is 67.1 Å². The number of carbonyl (C=O) groups excluding carboxylic acids is 1. The van der Waals surface area contributed by atoms with Crippen LogP contribution in [0.15, 0.2) is 30.3 Å².